The highest BCUT2D eigenvalue weighted by molar-refractivity contribution is 7.10. The summed E-state index contributed by atoms with van der Waals surface area (Å²) in [5.74, 6) is 1.65. The lowest BCUT2D eigenvalue weighted by Gasteiger charge is -2.32. The molecule has 1 fully saturated rings. The number of hydrogen-bond acceptors (Lipinski definition) is 2. The van der Waals surface area contributed by atoms with Crippen LogP contribution in [0.1, 0.15) is 55.9 Å². The molecule has 96 valence electrons. The summed E-state index contributed by atoms with van der Waals surface area (Å²) < 4.78 is 0. The molecular weight excluding hydrogens is 226 g/mol. The van der Waals surface area contributed by atoms with Crippen molar-refractivity contribution < 1.29 is 0 Å². The highest BCUT2D eigenvalue weighted by Gasteiger charge is 2.27. The van der Waals surface area contributed by atoms with Gasteiger partial charge in [-0.05, 0) is 55.2 Å². The van der Waals surface area contributed by atoms with Gasteiger partial charge in [0.1, 0.15) is 0 Å². The third-order valence-electron chi connectivity index (χ3n) is 4.00. The first-order valence-corrected chi connectivity index (χ1v) is 7.84. The Hall–Kier alpha value is -0.340. The summed E-state index contributed by atoms with van der Waals surface area (Å²) in [4.78, 5) is 1.53. The molecule has 0 amide bonds. The lowest BCUT2D eigenvalue weighted by Crippen LogP contribution is -2.33. The minimum atomic E-state index is 0.612. The number of thiophene rings is 1. The SMILES string of the molecule is Cc1sccc1C1CCCCC1CNC(C)C. The van der Waals surface area contributed by atoms with E-state index in [2.05, 4.69) is 37.5 Å². The smallest absolute Gasteiger partial charge is 0.00491 e. The standard InChI is InChI=1S/C15H25NS/c1-11(2)16-10-13-6-4-5-7-15(13)14-8-9-17-12(14)3/h8-9,11,13,15-16H,4-7,10H2,1-3H3. The molecule has 2 unspecified atom stereocenters. The van der Waals surface area contributed by atoms with Crippen LogP contribution in [0.5, 0.6) is 0 Å². The fraction of sp³-hybridized carbons (Fsp3) is 0.733. The number of aryl methyl sites for hydroxylation is 1. The molecule has 2 rings (SSSR count). The quantitative estimate of drug-likeness (QED) is 0.840. The maximum Gasteiger partial charge on any atom is 0.00491 e. The molecule has 1 aliphatic carbocycles. The fourth-order valence-corrected chi connectivity index (χ4v) is 3.80. The number of rotatable bonds is 4. The van der Waals surface area contributed by atoms with Crippen LogP contribution < -0.4 is 5.32 Å². The van der Waals surface area contributed by atoms with E-state index in [0.29, 0.717) is 6.04 Å². The Morgan fingerprint density at radius 2 is 2.12 bits per heavy atom. The summed E-state index contributed by atoms with van der Waals surface area (Å²) in [7, 11) is 0. The lowest BCUT2D eigenvalue weighted by molar-refractivity contribution is 0.289. The van der Waals surface area contributed by atoms with E-state index in [9.17, 15) is 0 Å². The van der Waals surface area contributed by atoms with Crippen molar-refractivity contribution in [1.29, 1.82) is 0 Å². The van der Waals surface area contributed by atoms with Crippen LogP contribution in [0, 0.1) is 12.8 Å². The van der Waals surface area contributed by atoms with Crippen LogP contribution in [0.2, 0.25) is 0 Å². The minimum absolute atomic E-state index is 0.612. The van der Waals surface area contributed by atoms with Crippen LogP contribution in [0.3, 0.4) is 0 Å². The second-order valence-electron chi connectivity index (χ2n) is 5.65. The predicted octanol–water partition coefficient (Wildman–Crippen LogP) is 4.33. The maximum atomic E-state index is 3.63. The van der Waals surface area contributed by atoms with Gasteiger partial charge < -0.3 is 5.32 Å². The molecule has 0 aromatic carbocycles. The Morgan fingerprint density at radius 3 is 2.76 bits per heavy atom. The van der Waals surface area contributed by atoms with E-state index in [0.717, 1.165) is 11.8 Å². The second kappa shape index (κ2) is 6.01. The van der Waals surface area contributed by atoms with E-state index in [1.807, 2.05) is 11.3 Å². The Morgan fingerprint density at radius 1 is 1.35 bits per heavy atom. The molecule has 0 bridgehead atoms. The normalized spacial score (nSPS) is 25.4. The van der Waals surface area contributed by atoms with Gasteiger partial charge in [-0.3, -0.25) is 0 Å². The summed E-state index contributed by atoms with van der Waals surface area (Å²) in [5.41, 5.74) is 1.63. The Kier molecular flexibility index (Phi) is 4.63. The van der Waals surface area contributed by atoms with Gasteiger partial charge in [0.05, 0.1) is 0 Å². The zero-order valence-corrected chi connectivity index (χ0v) is 12.1. The van der Waals surface area contributed by atoms with Crippen molar-refractivity contribution in [2.75, 3.05) is 6.54 Å². The van der Waals surface area contributed by atoms with Crippen molar-refractivity contribution in [2.45, 2.75) is 58.4 Å². The van der Waals surface area contributed by atoms with Crippen molar-refractivity contribution in [3.05, 3.63) is 21.9 Å². The van der Waals surface area contributed by atoms with Gasteiger partial charge in [-0.25, -0.2) is 0 Å². The molecule has 17 heavy (non-hydrogen) atoms. The average Bonchev–Trinajstić information content (AvgIpc) is 2.73. The van der Waals surface area contributed by atoms with Crippen LogP contribution in [-0.2, 0) is 0 Å². The van der Waals surface area contributed by atoms with Gasteiger partial charge in [0, 0.05) is 10.9 Å². The molecule has 0 spiro atoms. The first-order valence-electron chi connectivity index (χ1n) is 6.96. The molecule has 0 aliphatic heterocycles. The number of nitrogens with one attached hydrogen (secondary N) is 1. The van der Waals surface area contributed by atoms with Crippen LogP contribution >= 0.6 is 11.3 Å². The molecular formula is C15H25NS. The Labute approximate surface area is 110 Å². The van der Waals surface area contributed by atoms with Gasteiger partial charge in [-0.2, -0.15) is 0 Å². The predicted molar refractivity (Wildman–Crippen MR) is 76.9 cm³/mol. The topological polar surface area (TPSA) is 12.0 Å². The molecule has 0 saturated heterocycles. The van der Waals surface area contributed by atoms with Crippen LogP contribution in [0.4, 0.5) is 0 Å². The van der Waals surface area contributed by atoms with E-state index >= 15 is 0 Å². The van der Waals surface area contributed by atoms with E-state index in [1.54, 1.807) is 5.56 Å². The van der Waals surface area contributed by atoms with Gasteiger partial charge in [-0.15, -0.1) is 11.3 Å². The molecule has 1 N–H and O–H groups in total. The van der Waals surface area contributed by atoms with Gasteiger partial charge in [-0.1, -0.05) is 26.7 Å². The Balaban J connectivity index is 2.04. The number of hydrogen-bond donors (Lipinski definition) is 1. The molecule has 0 radical (unpaired) electrons. The summed E-state index contributed by atoms with van der Waals surface area (Å²) >= 11 is 1.90. The zero-order chi connectivity index (χ0) is 12.3. The van der Waals surface area contributed by atoms with Crippen LogP contribution in [-0.4, -0.2) is 12.6 Å². The molecule has 1 aromatic heterocycles. The van der Waals surface area contributed by atoms with Crippen LogP contribution in [0.15, 0.2) is 11.4 Å². The third-order valence-corrected chi connectivity index (χ3v) is 4.86. The lowest BCUT2D eigenvalue weighted by atomic mass is 9.75. The highest BCUT2D eigenvalue weighted by atomic mass is 32.1. The van der Waals surface area contributed by atoms with Crippen molar-refractivity contribution in [2.24, 2.45) is 5.92 Å². The third kappa shape index (κ3) is 3.32. The average molecular weight is 251 g/mol. The van der Waals surface area contributed by atoms with E-state index < -0.39 is 0 Å². The monoisotopic (exact) mass is 251 g/mol. The van der Waals surface area contributed by atoms with Crippen molar-refractivity contribution in [1.82, 2.24) is 5.32 Å². The zero-order valence-electron chi connectivity index (χ0n) is 11.3. The minimum Gasteiger partial charge on any atom is -0.314 e. The van der Waals surface area contributed by atoms with Crippen molar-refractivity contribution >= 4 is 11.3 Å². The molecule has 1 nitrogen and oxygen atoms in total. The molecule has 1 heterocycles. The summed E-state index contributed by atoms with van der Waals surface area (Å²) in [6, 6.07) is 2.97. The Bertz CT molecular complexity index is 342. The second-order valence-corrected chi connectivity index (χ2v) is 6.77. The summed E-state index contributed by atoms with van der Waals surface area (Å²) in [6.07, 6.45) is 5.63. The van der Waals surface area contributed by atoms with E-state index in [1.165, 1.54) is 37.1 Å². The van der Waals surface area contributed by atoms with Gasteiger partial charge >= 0.3 is 0 Å². The van der Waals surface area contributed by atoms with Crippen molar-refractivity contribution in [3.63, 3.8) is 0 Å². The fourth-order valence-electron chi connectivity index (χ4n) is 3.03. The molecule has 1 saturated carbocycles. The van der Waals surface area contributed by atoms with E-state index in [-0.39, 0.29) is 0 Å². The first-order chi connectivity index (χ1) is 8.18. The summed E-state index contributed by atoms with van der Waals surface area (Å²) in [6.45, 7) is 7.96. The summed E-state index contributed by atoms with van der Waals surface area (Å²) in [5, 5.41) is 5.89. The van der Waals surface area contributed by atoms with E-state index in [4.69, 9.17) is 0 Å². The van der Waals surface area contributed by atoms with Crippen molar-refractivity contribution in [3.8, 4) is 0 Å². The van der Waals surface area contributed by atoms with Gasteiger partial charge in [0.15, 0.2) is 0 Å². The molecule has 2 heteroatoms. The van der Waals surface area contributed by atoms with Gasteiger partial charge in [0.25, 0.3) is 0 Å². The largest absolute Gasteiger partial charge is 0.314 e. The first kappa shape index (κ1) is 13.1. The molecule has 1 aliphatic rings. The van der Waals surface area contributed by atoms with Crippen LogP contribution in [0.25, 0.3) is 0 Å². The maximum absolute atomic E-state index is 3.63. The molecule has 2 atom stereocenters. The van der Waals surface area contributed by atoms with Gasteiger partial charge in [0.2, 0.25) is 0 Å². The highest BCUT2D eigenvalue weighted by Crippen LogP contribution is 2.40. The molecule has 1 aromatic rings.